The maximum absolute atomic E-state index is 12.3. The third-order valence-corrected chi connectivity index (χ3v) is 2.78. The standard InChI is InChI=1S/C14H14N2O3/c1-16(11-5-7-15-8-6-11)14(18)10-3-4-13(19-2)12(17)9-10/h3-9,17H,1-2H3. The first kappa shape index (κ1) is 12.9. The zero-order chi connectivity index (χ0) is 13.8. The minimum atomic E-state index is -0.218. The van der Waals surface area contributed by atoms with Crippen molar-refractivity contribution in [1.29, 1.82) is 0 Å². The summed E-state index contributed by atoms with van der Waals surface area (Å²) in [6.07, 6.45) is 3.23. The molecule has 5 heteroatoms. The van der Waals surface area contributed by atoms with Gasteiger partial charge in [-0.25, -0.2) is 0 Å². The predicted molar refractivity (Wildman–Crippen MR) is 71.6 cm³/mol. The molecule has 0 atom stereocenters. The molecule has 1 aromatic carbocycles. The normalized spacial score (nSPS) is 10.0. The van der Waals surface area contributed by atoms with Crippen molar-refractivity contribution in [3.63, 3.8) is 0 Å². The Hall–Kier alpha value is -2.56. The molecule has 0 bridgehead atoms. The van der Waals surface area contributed by atoms with Gasteiger partial charge < -0.3 is 14.7 Å². The van der Waals surface area contributed by atoms with Crippen LogP contribution < -0.4 is 9.64 Å². The average molecular weight is 258 g/mol. The highest BCUT2D eigenvalue weighted by Crippen LogP contribution is 2.27. The first-order chi connectivity index (χ1) is 9.13. The number of amides is 1. The van der Waals surface area contributed by atoms with Gasteiger partial charge in [-0.1, -0.05) is 0 Å². The van der Waals surface area contributed by atoms with Crippen molar-refractivity contribution in [2.24, 2.45) is 0 Å². The highest BCUT2D eigenvalue weighted by molar-refractivity contribution is 6.06. The topological polar surface area (TPSA) is 62.7 Å². The molecule has 0 saturated carbocycles. The molecular weight excluding hydrogens is 244 g/mol. The lowest BCUT2D eigenvalue weighted by Gasteiger charge is -2.17. The molecule has 0 aliphatic rings. The average Bonchev–Trinajstić information content (AvgIpc) is 2.46. The van der Waals surface area contributed by atoms with E-state index in [0.29, 0.717) is 11.3 Å². The van der Waals surface area contributed by atoms with Crippen molar-refractivity contribution in [2.75, 3.05) is 19.1 Å². The number of hydrogen-bond donors (Lipinski definition) is 1. The van der Waals surface area contributed by atoms with Crippen LogP contribution >= 0.6 is 0 Å². The molecule has 0 aliphatic heterocycles. The quantitative estimate of drug-likeness (QED) is 0.915. The largest absolute Gasteiger partial charge is 0.504 e. The number of carbonyl (C=O) groups excluding carboxylic acids is 1. The number of hydrogen-bond acceptors (Lipinski definition) is 4. The first-order valence-corrected chi connectivity index (χ1v) is 5.68. The number of methoxy groups -OCH3 is 1. The van der Waals surface area contributed by atoms with Crippen molar-refractivity contribution < 1.29 is 14.6 Å². The van der Waals surface area contributed by atoms with Gasteiger partial charge in [0.25, 0.3) is 5.91 Å². The molecule has 0 spiro atoms. The smallest absolute Gasteiger partial charge is 0.258 e. The van der Waals surface area contributed by atoms with E-state index in [2.05, 4.69) is 4.98 Å². The lowest BCUT2D eigenvalue weighted by Crippen LogP contribution is -2.26. The summed E-state index contributed by atoms with van der Waals surface area (Å²) in [6, 6.07) is 8.03. The maximum atomic E-state index is 12.3. The highest BCUT2D eigenvalue weighted by atomic mass is 16.5. The Morgan fingerprint density at radius 3 is 2.53 bits per heavy atom. The molecule has 19 heavy (non-hydrogen) atoms. The number of phenolic OH excluding ortho intramolecular Hbond substituents is 1. The van der Waals surface area contributed by atoms with Crippen LogP contribution in [-0.4, -0.2) is 30.2 Å². The van der Waals surface area contributed by atoms with Crippen LogP contribution in [0.1, 0.15) is 10.4 Å². The van der Waals surface area contributed by atoms with Crippen molar-refractivity contribution in [1.82, 2.24) is 4.98 Å². The summed E-state index contributed by atoms with van der Waals surface area (Å²) in [5.74, 6) is 0.0590. The summed E-state index contributed by atoms with van der Waals surface area (Å²) < 4.78 is 4.94. The molecular formula is C14H14N2O3. The zero-order valence-corrected chi connectivity index (χ0v) is 10.7. The number of phenols is 1. The molecule has 2 aromatic rings. The van der Waals surface area contributed by atoms with Crippen LogP contribution in [0.2, 0.25) is 0 Å². The van der Waals surface area contributed by atoms with E-state index in [-0.39, 0.29) is 11.7 Å². The first-order valence-electron chi connectivity index (χ1n) is 5.68. The van der Waals surface area contributed by atoms with Gasteiger partial charge in [0, 0.05) is 30.7 Å². The van der Waals surface area contributed by atoms with Crippen LogP contribution in [0.25, 0.3) is 0 Å². The van der Waals surface area contributed by atoms with Crippen molar-refractivity contribution in [3.05, 3.63) is 48.3 Å². The van der Waals surface area contributed by atoms with Gasteiger partial charge in [-0.3, -0.25) is 9.78 Å². The second-order valence-corrected chi connectivity index (χ2v) is 3.96. The number of benzene rings is 1. The van der Waals surface area contributed by atoms with E-state index in [1.54, 1.807) is 43.7 Å². The number of rotatable bonds is 3. The molecule has 1 aromatic heterocycles. The number of carbonyl (C=O) groups is 1. The molecule has 1 amide bonds. The number of ether oxygens (including phenoxy) is 1. The molecule has 98 valence electrons. The molecule has 0 fully saturated rings. The third kappa shape index (κ3) is 2.65. The van der Waals surface area contributed by atoms with Gasteiger partial charge in [0.15, 0.2) is 11.5 Å². The lowest BCUT2D eigenvalue weighted by atomic mass is 10.1. The number of aromatic nitrogens is 1. The van der Waals surface area contributed by atoms with Crippen LogP contribution in [-0.2, 0) is 0 Å². The van der Waals surface area contributed by atoms with Gasteiger partial charge in [-0.05, 0) is 30.3 Å². The molecule has 0 aliphatic carbocycles. The van der Waals surface area contributed by atoms with Gasteiger partial charge in [0.05, 0.1) is 7.11 Å². The molecule has 1 heterocycles. The zero-order valence-electron chi connectivity index (χ0n) is 10.7. The van der Waals surface area contributed by atoms with E-state index in [1.165, 1.54) is 18.1 Å². The van der Waals surface area contributed by atoms with Crippen molar-refractivity contribution >= 4 is 11.6 Å². The van der Waals surface area contributed by atoms with Gasteiger partial charge in [-0.15, -0.1) is 0 Å². The van der Waals surface area contributed by atoms with Crippen molar-refractivity contribution in [2.45, 2.75) is 0 Å². The van der Waals surface area contributed by atoms with Crippen molar-refractivity contribution in [3.8, 4) is 11.5 Å². The van der Waals surface area contributed by atoms with Gasteiger partial charge >= 0.3 is 0 Å². The monoisotopic (exact) mass is 258 g/mol. The van der Waals surface area contributed by atoms with Crippen LogP contribution in [0.5, 0.6) is 11.5 Å². The summed E-state index contributed by atoms with van der Waals surface area (Å²) >= 11 is 0. The molecule has 5 nitrogen and oxygen atoms in total. The summed E-state index contributed by atoms with van der Waals surface area (Å²) in [7, 11) is 3.12. The Kier molecular flexibility index (Phi) is 3.66. The Balaban J connectivity index is 2.27. The lowest BCUT2D eigenvalue weighted by molar-refractivity contribution is 0.0992. The Bertz CT molecular complexity index is 584. The molecule has 0 saturated heterocycles. The van der Waals surface area contributed by atoms with Crippen LogP contribution in [0.4, 0.5) is 5.69 Å². The molecule has 1 N–H and O–H groups in total. The Morgan fingerprint density at radius 1 is 1.26 bits per heavy atom. The van der Waals surface area contributed by atoms with E-state index >= 15 is 0 Å². The minimum Gasteiger partial charge on any atom is -0.504 e. The Morgan fingerprint density at radius 2 is 1.95 bits per heavy atom. The fraction of sp³-hybridized carbons (Fsp3) is 0.143. The SMILES string of the molecule is COc1ccc(C(=O)N(C)c2ccncc2)cc1O. The van der Waals surface area contributed by atoms with Crippen LogP contribution in [0, 0.1) is 0 Å². The second-order valence-electron chi connectivity index (χ2n) is 3.96. The summed E-state index contributed by atoms with van der Waals surface area (Å²) in [5.41, 5.74) is 1.12. The van der Waals surface area contributed by atoms with Crippen LogP contribution in [0.15, 0.2) is 42.7 Å². The van der Waals surface area contributed by atoms with E-state index < -0.39 is 0 Å². The van der Waals surface area contributed by atoms with E-state index in [9.17, 15) is 9.90 Å². The third-order valence-electron chi connectivity index (χ3n) is 2.78. The number of anilines is 1. The summed E-state index contributed by atoms with van der Waals surface area (Å²) in [6.45, 7) is 0. The van der Waals surface area contributed by atoms with Gasteiger partial charge in [0.2, 0.25) is 0 Å². The summed E-state index contributed by atoms with van der Waals surface area (Å²) in [4.78, 5) is 17.6. The second kappa shape index (κ2) is 5.39. The molecule has 0 radical (unpaired) electrons. The minimum absolute atomic E-state index is 0.0588. The molecule has 2 rings (SSSR count). The maximum Gasteiger partial charge on any atom is 0.258 e. The van der Waals surface area contributed by atoms with Gasteiger partial charge in [-0.2, -0.15) is 0 Å². The van der Waals surface area contributed by atoms with E-state index in [4.69, 9.17) is 4.74 Å². The van der Waals surface area contributed by atoms with Gasteiger partial charge in [0.1, 0.15) is 0 Å². The Labute approximate surface area is 111 Å². The number of pyridine rings is 1. The van der Waals surface area contributed by atoms with Crippen LogP contribution in [0.3, 0.4) is 0 Å². The van der Waals surface area contributed by atoms with E-state index in [0.717, 1.165) is 5.69 Å². The number of nitrogens with zero attached hydrogens (tertiary/aromatic N) is 2. The number of aromatic hydroxyl groups is 1. The fourth-order valence-electron chi connectivity index (χ4n) is 1.70. The highest BCUT2D eigenvalue weighted by Gasteiger charge is 2.15. The predicted octanol–water partition coefficient (Wildman–Crippen LogP) is 2.07. The fourth-order valence-corrected chi connectivity index (χ4v) is 1.70. The molecule has 0 unspecified atom stereocenters. The summed E-state index contributed by atoms with van der Waals surface area (Å²) in [5, 5.41) is 9.69. The van der Waals surface area contributed by atoms with E-state index in [1.807, 2.05) is 0 Å².